The van der Waals surface area contributed by atoms with E-state index >= 15 is 0 Å². The molecule has 2 aliphatic rings. The molecule has 0 saturated heterocycles. The lowest BCUT2D eigenvalue weighted by molar-refractivity contribution is 1.37. The van der Waals surface area contributed by atoms with Crippen LogP contribution in [0.5, 0.6) is 0 Å². The summed E-state index contributed by atoms with van der Waals surface area (Å²) in [5.41, 5.74) is 10.6. The first-order valence-corrected chi connectivity index (χ1v) is 16.0. The predicted octanol–water partition coefficient (Wildman–Crippen LogP) is 9.60. The van der Waals surface area contributed by atoms with Gasteiger partial charge in [0.05, 0.1) is 0 Å². The zero-order valence-electron chi connectivity index (χ0n) is 22.2. The first-order chi connectivity index (χ1) is 20.2. The highest BCUT2D eigenvalue weighted by Crippen LogP contribution is 2.43. The van der Waals surface area contributed by atoms with Gasteiger partial charge in [-0.3, -0.25) is 0 Å². The van der Waals surface area contributed by atoms with Crippen LogP contribution in [0, 0.1) is 7.14 Å². The van der Waals surface area contributed by atoms with Crippen LogP contribution < -0.4 is 10.4 Å². The van der Waals surface area contributed by atoms with E-state index in [4.69, 9.17) is 0 Å². The van der Waals surface area contributed by atoms with Crippen LogP contribution in [0.4, 0.5) is 0 Å². The van der Waals surface area contributed by atoms with E-state index in [2.05, 4.69) is 179 Å². The van der Waals surface area contributed by atoms with Crippen molar-refractivity contribution in [3.8, 4) is 11.1 Å². The van der Waals surface area contributed by atoms with Gasteiger partial charge in [-0.15, -0.1) is 0 Å². The van der Waals surface area contributed by atoms with Gasteiger partial charge in [0.25, 0.3) is 0 Å². The van der Waals surface area contributed by atoms with Gasteiger partial charge >= 0.3 is 0 Å². The zero-order valence-corrected chi connectivity index (χ0v) is 26.5. The van der Waals surface area contributed by atoms with Gasteiger partial charge in [0, 0.05) is 7.14 Å². The number of hydrogen-bond donors (Lipinski definition) is 0. The number of fused-ring (bicyclic) bond motifs is 8. The van der Waals surface area contributed by atoms with Crippen molar-refractivity contribution in [2.24, 2.45) is 0 Å². The van der Waals surface area contributed by atoms with Crippen molar-refractivity contribution >= 4 is 83.9 Å². The molecule has 0 radical (unpaired) electrons. The first kappa shape index (κ1) is 25.2. The van der Waals surface area contributed by atoms with Gasteiger partial charge < -0.3 is 0 Å². The number of halogens is 2. The van der Waals surface area contributed by atoms with Gasteiger partial charge in [0.2, 0.25) is 0 Å². The van der Waals surface area contributed by atoms with Crippen molar-refractivity contribution in [3.63, 3.8) is 0 Å². The molecule has 0 heterocycles. The molecule has 2 aliphatic carbocycles. The molecule has 6 aromatic carbocycles. The predicted molar refractivity (Wildman–Crippen MR) is 191 cm³/mol. The minimum absolute atomic E-state index is 0.941. The summed E-state index contributed by atoms with van der Waals surface area (Å²) >= 11 is 4.80. The summed E-state index contributed by atoms with van der Waals surface area (Å²) in [6.07, 6.45) is 10.2. The molecule has 8 rings (SSSR count). The van der Waals surface area contributed by atoms with E-state index in [1.54, 1.807) is 0 Å². The summed E-state index contributed by atoms with van der Waals surface area (Å²) in [5.74, 6) is 0. The average molecular weight is 746 g/mol. The maximum Gasteiger partial charge on any atom is 0.0130 e. The van der Waals surface area contributed by atoms with Gasteiger partial charge in [0.15, 0.2) is 0 Å². The fourth-order valence-electron chi connectivity index (χ4n) is 6.64. The molecule has 0 aliphatic heterocycles. The molecule has 0 saturated carbocycles. The molecule has 0 spiro atoms. The lowest BCUT2D eigenvalue weighted by atomic mass is 9.84. The van der Waals surface area contributed by atoms with E-state index in [0.29, 0.717) is 0 Å². The Labute approximate surface area is 266 Å². The molecule has 0 unspecified atom stereocenters. The molecular formula is C39H24I2. The molecule has 6 aromatic rings. The largest absolute Gasteiger partial charge is 0.0801 e. The van der Waals surface area contributed by atoms with Crippen LogP contribution in [0.2, 0.25) is 0 Å². The zero-order chi connectivity index (χ0) is 27.5. The average Bonchev–Trinajstić information content (AvgIpc) is 3.68. The third-order valence-corrected chi connectivity index (χ3v) is 9.83. The molecule has 0 fully saturated rings. The Balaban J connectivity index is 1.57. The monoisotopic (exact) mass is 746 g/mol. The van der Waals surface area contributed by atoms with Crippen LogP contribution in [-0.2, 0) is 0 Å². The summed E-state index contributed by atoms with van der Waals surface area (Å²) in [6, 6.07) is 40.5. The van der Waals surface area contributed by atoms with Crippen molar-refractivity contribution in [1.82, 2.24) is 0 Å². The highest BCUT2D eigenvalue weighted by Gasteiger charge is 2.25. The first-order valence-electron chi connectivity index (χ1n) is 13.9. The van der Waals surface area contributed by atoms with Crippen molar-refractivity contribution in [2.45, 2.75) is 6.42 Å². The van der Waals surface area contributed by atoms with E-state index in [0.717, 1.165) is 6.42 Å². The summed E-state index contributed by atoms with van der Waals surface area (Å²) in [7, 11) is 0. The summed E-state index contributed by atoms with van der Waals surface area (Å²) in [6.45, 7) is 0. The highest BCUT2D eigenvalue weighted by atomic mass is 127. The lowest BCUT2D eigenvalue weighted by Crippen LogP contribution is -2.20. The molecule has 0 atom stereocenters. The highest BCUT2D eigenvalue weighted by molar-refractivity contribution is 14.1. The Bertz CT molecular complexity index is 2170. The van der Waals surface area contributed by atoms with Crippen LogP contribution in [0.15, 0.2) is 127 Å². The van der Waals surface area contributed by atoms with Gasteiger partial charge in [-0.05, 0) is 158 Å². The summed E-state index contributed by atoms with van der Waals surface area (Å²) < 4.78 is 2.49. The quantitative estimate of drug-likeness (QED) is 0.125. The molecule has 41 heavy (non-hydrogen) atoms. The fraction of sp³-hybridized carbons (Fsp3) is 0.0256. The van der Waals surface area contributed by atoms with Gasteiger partial charge in [-0.25, -0.2) is 0 Å². The Morgan fingerprint density at radius 3 is 1.73 bits per heavy atom. The second kappa shape index (κ2) is 10.1. The number of rotatable bonds is 3. The summed E-state index contributed by atoms with van der Waals surface area (Å²) in [5, 5.41) is 7.88. The van der Waals surface area contributed by atoms with Crippen LogP contribution in [0.1, 0.15) is 28.7 Å². The fourth-order valence-corrected chi connectivity index (χ4v) is 7.36. The second-order valence-corrected chi connectivity index (χ2v) is 13.2. The minimum Gasteiger partial charge on any atom is -0.0801 e. The molecule has 0 bridgehead atoms. The second-order valence-electron chi connectivity index (χ2n) is 10.7. The maximum atomic E-state index is 2.42. The van der Waals surface area contributed by atoms with Crippen molar-refractivity contribution in [1.29, 1.82) is 0 Å². The molecule has 194 valence electrons. The molecule has 0 nitrogen and oxygen atoms in total. The van der Waals surface area contributed by atoms with Crippen molar-refractivity contribution < 1.29 is 0 Å². The SMILES string of the molecule is Ic1ccc(C(c2ccc(I)cc2)=c2ccc3c(c2C2=CC=CC2)-c2c(c4ccccc4c4ccccc24)C=3)cc1. The van der Waals surface area contributed by atoms with Crippen LogP contribution in [0.3, 0.4) is 0 Å². The van der Waals surface area contributed by atoms with Gasteiger partial charge in [-0.1, -0.05) is 103 Å². The minimum atomic E-state index is 0.941. The molecule has 2 heteroatoms. The molecular weight excluding hydrogens is 722 g/mol. The smallest absolute Gasteiger partial charge is 0.0130 e. The van der Waals surface area contributed by atoms with E-state index in [1.807, 2.05) is 0 Å². The van der Waals surface area contributed by atoms with Crippen LogP contribution >= 0.6 is 45.2 Å². The number of hydrogen-bond acceptors (Lipinski definition) is 0. The normalized spacial score (nSPS) is 13.3. The van der Waals surface area contributed by atoms with E-state index < -0.39 is 0 Å². The number of allylic oxidation sites excluding steroid dienone is 4. The topological polar surface area (TPSA) is 0 Å². The summed E-state index contributed by atoms with van der Waals surface area (Å²) in [4.78, 5) is 0. The van der Waals surface area contributed by atoms with Crippen molar-refractivity contribution in [3.05, 3.63) is 167 Å². The van der Waals surface area contributed by atoms with E-state index in [1.165, 1.54) is 83.6 Å². The Kier molecular flexibility index (Phi) is 6.22. The third kappa shape index (κ3) is 4.14. The molecule has 0 N–H and O–H groups in total. The van der Waals surface area contributed by atoms with Crippen LogP contribution in [0.25, 0.3) is 49.9 Å². The van der Waals surface area contributed by atoms with Crippen molar-refractivity contribution in [2.75, 3.05) is 0 Å². The number of benzene rings is 6. The van der Waals surface area contributed by atoms with Gasteiger partial charge in [0.1, 0.15) is 0 Å². The van der Waals surface area contributed by atoms with Crippen LogP contribution in [-0.4, -0.2) is 0 Å². The maximum absolute atomic E-state index is 2.42. The lowest BCUT2D eigenvalue weighted by Gasteiger charge is -2.18. The Morgan fingerprint density at radius 2 is 1.12 bits per heavy atom. The van der Waals surface area contributed by atoms with E-state index in [9.17, 15) is 0 Å². The Hall–Kier alpha value is -3.48. The Morgan fingerprint density at radius 1 is 0.537 bits per heavy atom. The molecule has 0 aromatic heterocycles. The van der Waals surface area contributed by atoms with E-state index in [-0.39, 0.29) is 0 Å². The third-order valence-electron chi connectivity index (χ3n) is 8.39. The van der Waals surface area contributed by atoms with Gasteiger partial charge in [-0.2, -0.15) is 0 Å². The molecule has 0 amide bonds. The standard InChI is InChI=1S/C39H24I2/c40-28-18-13-25(14-19-28)36(26-15-20-29(41)21-16-26)34-22-17-27-23-35-32-11-4-3-9-30(32)31-10-5-6-12-33(31)39(35)38(27)37(34)24-7-1-2-8-24/h1-7,9-23H,8H2.